The molecular formula is C22H23NO2. The highest BCUT2D eigenvalue weighted by Crippen LogP contribution is 2.28. The lowest BCUT2D eigenvalue weighted by Crippen LogP contribution is -2.02. The molecule has 0 fully saturated rings. The topological polar surface area (TPSA) is 50.2 Å². The number of carbonyl (C=O) groups is 1. The summed E-state index contributed by atoms with van der Waals surface area (Å²) in [5.74, 6) is -0.316. The number of benzene rings is 2. The van der Waals surface area contributed by atoms with Crippen LogP contribution in [0.3, 0.4) is 0 Å². The van der Waals surface area contributed by atoms with Gasteiger partial charge in [0.2, 0.25) is 0 Å². The molecule has 0 aliphatic rings. The van der Waals surface area contributed by atoms with Crippen molar-refractivity contribution in [2.75, 3.05) is 0 Å². The summed E-state index contributed by atoms with van der Waals surface area (Å²) in [4.78, 5) is 16.5. The molecule has 3 rings (SSSR count). The number of pyridine rings is 1. The quantitative estimate of drug-likeness (QED) is 0.694. The average molecular weight is 333 g/mol. The molecule has 1 aromatic heterocycles. The van der Waals surface area contributed by atoms with Crippen molar-refractivity contribution in [2.45, 2.75) is 34.1 Å². The summed E-state index contributed by atoms with van der Waals surface area (Å²) < 4.78 is 0. The molecule has 25 heavy (non-hydrogen) atoms. The number of hydrogen-bond donors (Lipinski definition) is 1. The molecular weight excluding hydrogens is 310 g/mol. The maximum absolute atomic E-state index is 11.8. The first-order valence-electron chi connectivity index (χ1n) is 8.59. The second-order valence-corrected chi connectivity index (χ2v) is 7.13. The van der Waals surface area contributed by atoms with E-state index in [4.69, 9.17) is 4.98 Å². The summed E-state index contributed by atoms with van der Waals surface area (Å²) in [6.07, 6.45) is 1.03. The van der Waals surface area contributed by atoms with Gasteiger partial charge in [0.25, 0.3) is 0 Å². The Kier molecular flexibility index (Phi) is 4.58. The molecule has 0 amide bonds. The van der Waals surface area contributed by atoms with Gasteiger partial charge in [-0.1, -0.05) is 49.7 Å². The molecule has 0 radical (unpaired) electrons. The summed E-state index contributed by atoms with van der Waals surface area (Å²) >= 11 is 0. The van der Waals surface area contributed by atoms with Crippen LogP contribution in [0.4, 0.5) is 0 Å². The number of carboxylic acid groups (broad SMARTS) is 1. The van der Waals surface area contributed by atoms with E-state index >= 15 is 0 Å². The largest absolute Gasteiger partial charge is 0.478 e. The molecule has 0 aliphatic carbocycles. The maximum atomic E-state index is 11.8. The van der Waals surface area contributed by atoms with E-state index in [1.54, 1.807) is 6.07 Å². The van der Waals surface area contributed by atoms with E-state index in [1.165, 1.54) is 5.56 Å². The van der Waals surface area contributed by atoms with Crippen molar-refractivity contribution in [3.8, 4) is 11.3 Å². The van der Waals surface area contributed by atoms with Crippen molar-refractivity contribution in [1.82, 2.24) is 4.98 Å². The Morgan fingerprint density at radius 3 is 2.36 bits per heavy atom. The highest BCUT2D eigenvalue weighted by atomic mass is 16.4. The van der Waals surface area contributed by atoms with E-state index in [2.05, 4.69) is 26.0 Å². The van der Waals surface area contributed by atoms with Gasteiger partial charge in [-0.3, -0.25) is 0 Å². The summed E-state index contributed by atoms with van der Waals surface area (Å²) in [5, 5.41) is 10.4. The second-order valence-electron chi connectivity index (χ2n) is 7.13. The van der Waals surface area contributed by atoms with E-state index in [0.29, 0.717) is 22.6 Å². The summed E-state index contributed by atoms with van der Waals surface area (Å²) in [7, 11) is 0. The minimum Gasteiger partial charge on any atom is -0.478 e. The minimum atomic E-state index is -0.921. The Morgan fingerprint density at radius 1 is 1.08 bits per heavy atom. The van der Waals surface area contributed by atoms with Crippen LogP contribution in [0.25, 0.3) is 22.2 Å². The molecule has 0 saturated heterocycles. The van der Waals surface area contributed by atoms with Crippen LogP contribution >= 0.6 is 0 Å². The van der Waals surface area contributed by atoms with Gasteiger partial charge >= 0.3 is 5.97 Å². The van der Waals surface area contributed by atoms with Crippen molar-refractivity contribution in [2.24, 2.45) is 5.92 Å². The van der Waals surface area contributed by atoms with Crippen LogP contribution in [0.5, 0.6) is 0 Å². The number of nitrogens with zero attached hydrogens (tertiary/aromatic N) is 1. The molecule has 0 spiro atoms. The third-order valence-corrected chi connectivity index (χ3v) is 4.37. The number of carboxylic acids is 1. The molecule has 3 heteroatoms. The summed E-state index contributed by atoms with van der Waals surface area (Å²) in [5.41, 5.74) is 6.02. The van der Waals surface area contributed by atoms with E-state index in [-0.39, 0.29) is 0 Å². The first-order valence-corrected chi connectivity index (χ1v) is 8.59. The van der Waals surface area contributed by atoms with Crippen LogP contribution in [-0.4, -0.2) is 16.1 Å². The lowest BCUT2D eigenvalue weighted by atomic mass is 9.98. The zero-order valence-electron chi connectivity index (χ0n) is 15.1. The zero-order valence-corrected chi connectivity index (χ0v) is 15.1. The lowest BCUT2D eigenvalue weighted by molar-refractivity contribution is 0.0699. The molecule has 3 aromatic rings. The van der Waals surface area contributed by atoms with Gasteiger partial charge < -0.3 is 5.11 Å². The SMILES string of the molecule is Cc1cc(C)c2nc(-c3ccc(CC(C)C)cc3)cc(C(=O)O)c2c1. The molecule has 1 heterocycles. The predicted octanol–water partition coefficient (Wildman–Crippen LogP) is 5.42. The Hall–Kier alpha value is -2.68. The van der Waals surface area contributed by atoms with Crippen molar-refractivity contribution in [1.29, 1.82) is 0 Å². The van der Waals surface area contributed by atoms with Gasteiger partial charge in [0.05, 0.1) is 16.8 Å². The molecule has 0 atom stereocenters. The summed E-state index contributed by atoms with van der Waals surface area (Å²) in [6, 6.07) is 13.9. The predicted molar refractivity (Wildman–Crippen MR) is 102 cm³/mol. The molecule has 128 valence electrons. The molecule has 0 unspecified atom stereocenters. The third-order valence-electron chi connectivity index (χ3n) is 4.37. The Bertz CT molecular complexity index is 940. The highest BCUT2D eigenvalue weighted by molar-refractivity contribution is 6.04. The Morgan fingerprint density at radius 2 is 1.76 bits per heavy atom. The molecule has 1 N–H and O–H groups in total. The van der Waals surface area contributed by atoms with Crippen LogP contribution < -0.4 is 0 Å². The van der Waals surface area contributed by atoms with E-state index in [9.17, 15) is 9.90 Å². The van der Waals surface area contributed by atoms with Gasteiger partial charge in [0.1, 0.15) is 0 Å². The van der Waals surface area contributed by atoms with Crippen molar-refractivity contribution < 1.29 is 9.90 Å². The van der Waals surface area contributed by atoms with Crippen LogP contribution in [0.15, 0.2) is 42.5 Å². The average Bonchev–Trinajstić information content (AvgIpc) is 2.54. The highest BCUT2D eigenvalue weighted by Gasteiger charge is 2.15. The first-order chi connectivity index (χ1) is 11.8. The third kappa shape index (κ3) is 3.55. The number of aryl methyl sites for hydroxylation is 2. The van der Waals surface area contributed by atoms with Gasteiger partial charge in [-0.05, 0) is 49.4 Å². The molecule has 3 nitrogen and oxygen atoms in total. The molecule has 0 saturated carbocycles. The van der Waals surface area contributed by atoms with Crippen LogP contribution in [0, 0.1) is 19.8 Å². The van der Waals surface area contributed by atoms with E-state index in [1.807, 2.05) is 38.1 Å². The van der Waals surface area contributed by atoms with Crippen molar-refractivity contribution in [3.63, 3.8) is 0 Å². The van der Waals surface area contributed by atoms with Crippen LogP contribution in [0.1, 0.15) is 40.9 Å². The van der Waals surface area contributed by atoms with Gasteiger partial charge in [0.15, 0.2) is 0 Å². The van der Waals surface area contributed by atoms with E-state index in [0.717, 1.165) is 28.6 Å². The number of aromatic nitrogens is 1. The van der Waals surface area contributed by atoms with Gasteiger partial charge in [-0.2, -0.15) is 0 Å². The summed E-state index contributed by atoms with van der Waals surface area (Å²) in [6.45, 7) is 8.34. The van der Waals surface area contributed by atoms with Crippen molar-refractivity contribution >= 4 is 16.9 Å². The van der Waals surface area contributed by atoms with Gasteiger partial charge in [0, 0.05) is 10.9 Å². The van der Waals surface area contributed by atoms with Crippen molar-refractivity contribution in [3.05, 3.63) is 64.7 Å². The first kappa shape index (κ1) is 17.2. The number of fused-ring (bicyclic) bond motifs is 1. The smallest absolute Gasteiger partial charge is 0.336 e. The maximum Gasteiger partial charge on any atom is 0.336 e. The molecule has 2 aromatic carbocycles. The fraction of sp³-hybridized carbons (Fsp3) is 0.273. The fourth-order valence-corrected chi connectivity index (χ4v) is 3.29. The normalized spacial score (nSPS) is 11.2. The second kappa shape index (κ2) is 6.67. The fourth-order valence-electron chi connectivity index (χ4n) is 3.29. The molecule has 0 aliphatic heterocycles. The minimum absolute atomic E-state index is 0.304. The monoisotopic (exact) mass is 333 g/mol. The van der Waals surface area contributed by atoms with Crippen LogP contribution in [-0.2, 0) is 6.42 Å². The number of aromatic carboxylic acids is 1. The zero-order chi connectivity index (χ0) is 18.1. The Balaban J connectivity index is 2.15. The molecule has 0 bridgehead atoms. The number of hydrogen-bond acceptors (Lipinski definition) is 2. The van der Waals surface area contributed by atoms with Crippen LogP contribution in [0.2, 0.25) is 0 Å². The van der Waals surface area contributed by atoms with Gasteiger partial charge in [-0.15, -0.1) is 0 Å². The lowest BCUT2D eigenvalue weighted by Gasteiger charge is -2.11. The standard InChI is InChI=1S/C22H23NO2/c1-13(2)9-16-5-7-17(8-6-16)20-12-19(22(24)25)18-11-14(3)10-15(4)21(18)23-20/h5-8,10-13H,9H2,1-4H3,(H,24,25). The number of rotatable bonds is 4. The van der Waals surface area contributed by atoms with E-state index < -0.39 is 5.97 Å². The Labute approximate surface area is 148 Å². The van der Waals surface area contributed by atoms with Gasteiger partial charge in [-0.25, -0.2) is 9.78 Å².